The summed E-state index contributed by atoms with van der Waals surface area (Å²) in [4.78, 5) is 0. The Hall–Kier alpha value is 1.51. The number of hydrogen-bond acceptors (Lipinski definition) is 4. The van der Waals surface area contributed by atoms with Gasteiger partial charge in [-0.25, -0.2) is 8.42 Å². The summed E-state index contributed by atoms with van der Waals surface area (Å²) in [6.07, 6.45) is 19.3. The fraction of sp³-hybridized carbons (Fsp3) is 1.00. The summed E-state index contributed by atoms with van der Waals surface area (Å²) >= 11 is 0. The molecule has 0 aliphatic rings. The van der Waals surface area contributed by atoms with E-state index in [1.54, 1.807) is 0 Å². The molecule has 0 saturated carbocycles. The zero-order valence-corrected chi connectivity index (χ0v) is 23.6. The van der Waals surface area contributed by atoms with Gasteiger partial charge in [0.05, 0.1) is 16.2 Å². The van der Waals surface area contributed by atoms with Crippen LogP contribution in [0.25, 0.3) is 0 Å². The van der Waals surface area contributed by atoms with Gasteiger partial charge in [0.1, 0.15) is 0 Å². The third kappa shape index (κ3) is 22.5. The van der Waals surface area contributed by atoms with Gasteiger partial charge in [-0.2, -0.15) is 0 Å². The monoisotopic (exact) mass is 458 g/mol. The van der Waals surface area contributed by atoms with Crippen molar-refractivity contribution in [1.82, 2.24) is 0 Å². The van der Waals surface area contributed by atoms with Crippen LogP contribution in [0.5, 0.6) is 0 Å². The first kappa shape index (κ1) is 32.7. The first-order chi connectivity index (χ1) is 13.4. The molecule has 0 spiro atoms. The quantitative estimate of drug-likeness (QED) is 0.162. The SMILES string of the molecule is CCCCCCCCCCCC(O)CCCCC(CCCCCC)S(=O)(=O)[O-].[K+]. The Morgan fingerprint density at radius 2 is 0.931 bits per heavy atom. The maximum absolute atomic E-state index is 11.4. The minimum absolute atomic E-state index is 0. The van der Waals surface area contributed by atoms with Crippen LogP contribution in [0.15, 0.2) is 0 Å². The maximum atomic E-state index is 11.4. The third-order valence-corrected chi connectivity index (χ3v) is 7.03. The van der Waals surface area contributed by atoms with Crippen molar-refractivity contribution in [3.63, 3.8) is 0 Å². The molecule has 0 bridgehead atoms. The average molecular weight is 459 g/mol. The Morgan fingerprint density at radius 3 is 1.38 bits per heavy atom. The zero-order valence-electron chi connectivity index (χ0n) is 19.7. The Morgan fingerprint density at radius 1 is 0.621 bits per heavy atom. The molecular weight excluding hydrogens is 411 g/mol. The van der Waals surface area contributed by atoms with Crippen LogP contribution in [-0.2, 0) is 10.1 Å². The van der Waals surface area contributed by atoms with Crippen molar-refractivity contribution in [2.24, 2.45) is 0 Å². The molecule has 2 atom stereocenters. The molecule has 29 heavy (non-hydrogen) atoms. The molecule has 170 valence electrons. The van der Waals surface area contributed by atoms with Crippen LogP contribution in [0.2, 0.25) is 0 Å². The van der Waals surface area contributed by atoms with Gasteiger partial charge in [0.15, 0.2) is 0 Å². The summed E-state index contributed by atoms with van der Waals surface area (Å²) in [6.45, 7) is 4.35. The van der Waals surface area contributed by atoms with Gasteiger partial charge in [0, 0.05) is 5.25 Å². The smallest absolute Gasteiger partial charge is 0.748 e. The molecule has 0 amide bonds. The third-order valence-electron chi connectivity index (χ3n) is 5.74. The first-order valence-corrected chi connectivity index (χ1v) is 13.5. The van der Waals surface area contributed by atoms with Gasteiger partial charge in [-0.1, -0.05) is 110 Å². The maximum Gasteiger partial charge on any atom is 1.00 e. The zero-order chi connectivity index (χ0) is 21.1. The van der Waals surface area contributed by atoms with Gasteiger partial charge in [0.25, 0.3) is 0 Å². The average Bonchev–Trinajstić information content (AvgIpc) is 2.64. The minimum Gasteiger partial charge on any atom is -0.748 e. The molecule has 4 nitrogen and oxygen atoms in total. The van der Waals surface area contributed by atoms with Gasteiger partial charge < -0.3 is 9.66 Å². The van der Waals surface area contributed by atoms with E-state index in [-0.39, 0.29) is 57.5 Å². The molecule has 0 rings (SSSR count). The fourth-order valence-electron chi connectivity index (χ4n) is 3.82. The first-order valence-electron chi connectivity index (χ1n) is 12.0. The van der Waals surface area contributed by atoms with Gasteiger partial charge in [0.2, 0.25) is 0 Å². The Kier molecular flexibility index (Phi) is 25.6. The van der Waals surface area contributed by atoms with Crippen LogP contribution in [0.3, 0.4) is 0 Å². The molecule has 2 unspecified atom stereocenters. The fourth-order valence-corrected chi connectivity index (χ4v) is 4.73. The largest absolute Gasteiger partial charge is 1.00 e. The van der Waals surface area contributed by atoms with E-state index in [1.165, 1.54) is 51.4 Å². The van der Waals surface area contributed by atoms with Crippen LogP contribution in [0.1, 0.15) is 136 Å². The normalized spacial score (nSPS) is 13.8. The van der Waals surface area contributed by atoms with Crippen LogP contribution in [0, 0.1) is 0 Å². The molecule has 0 saturated heterocycles. The standard InChI is InChI=1S/C23H48O4S.K/c1-3-5-7-9-10-11-12-13-14-18-22(24)19-16-17-21-23(28(25,26)27)20-15-8-6-4-2;/h22-24H,3-21H2,1-2H3,(H,25,26,27);/q;+1/p-1. The van der Waals surface area contributed by atoms with E-state index in [2.05, 4.69) is 13.8 Å². The van der Waals surface area contributed by atoms with Crippen molar-refractivity contribution in [2.75, 3.05) is 0 Å². The molecule has 1 N–H and O–H groups in total. The second kappa shape index (κ2) is 22.7. The molecular formula is C23H47KO4S. The Labute approximate surface area is 224 Å². The van der Waals surface area contributed by atoms with Crippen molar-refractivity contribution in [3.05, 3.63) is 0 Å². The van der Waals surface area contributed by atoms with E-state index < -0.39 is 15.4 Å². The van der Waals surface area contributed by atoms with Crippen molar-refractivity contribution < 1.29 is 69.5 Å². The predicted molar refractivity (Wildman–Crippen MR) is 119 cm³/mol. The second-order valence-electron chi connectivity index (χ2n) is 8.52. The molecule has 0 aromatic carbocycles. The molecule has 6 heteroatoms. The number of unbranched alkanes of at least 4 members (excludes halogenated alkanes) is 12. The van der Waals surface area contributed by atoms with Crippen LogP contribution < -0.4 is 51.4 Å². The topological polar surface area (TPSA) is 77.4 Å². The van der Waals surface area contributed by atoms with Gasteiger partial charge in [-0.3, -0.25) is 0 Å². The number of hydrogen-bond donors (Lipinski definition) is 1. The molecule has 0 fully saturated rings. The summed E-state index contributed by atoms with van der Waals surface area (Å²) in [5.41, 5.74) is 0. The van der Waals surface area contributed by atoms with Gasteiger partial charge >= 0.3 is 51.4 Å². The Bertz CT molecular complexity index is 429. The summed E-state index contributed by atoms with van der Waals surface area (Å²) in [6, 6.07) is 0. The van der Waals surface area contributed by atoms with Crippen LogP contribution in [0.4, 0.5) is 0 Å². The Balaban J connectivity index is 0. The van der Waals surface area contributed by atoms with Gasteiger partial charge in [-0.05, 0) is 25.7 Å². The van der Waals surface area contributed by atoms with Gasteiger partial charge in [-0.15, -0.1) is 0 Å². The van der Waals surface area contributed by atoms with Crippen molar-refractivity contribution in [1.29, 1.82) is 0 Å². The molecule has 0 aromatic heterocycles. The van der Waals surface area contributed by atoms with Crippen LogP contribution in [-0.4, -0.2) is 29.4 Å². The second-order valence-corrected chi connectivity index (χ2v) is 10.2. The minimum atomic E-state index is -4.20. The van der Waals surface area contributed by atoms with E-state index in [0.717, 1.165) is 51.4 Å². The van der Waals surface area contributed by atoms with Crippen molar-refractivity contribution in [3.8, 4) is 0 Å². The van der Waals surface area contributed by atoms with E-state index in [0.29, 0.717) is 19.3 Å². The number of rotatable bonds is 21. The molecule has 0 aromatic rings. The van der Waals surface area contributed by atoms with Crippen molar-refractivity contribution >= 4 is 10.1 Å². The molecule has 0 aliphatic heterocycles. The van der Waals surface area contributed by atoms with E-state index in [1.807, 2.05) is 0 Å². The molecule has 0 radical (unpaired) electrons. The molecule has 0 aliphatic carbocycles. The van der Waals surface area contributed by atoms with E-state index in [9.17, 15) is 18.1 Å². The predicted octanol–water partition coefficient (Wildman–Crippen LogP) is 3.72. The summed E-state index contributed by atoms with van der Waals surface area (Å²) in [5.74, 6) is 0. The molecule has 0 heterocycles. The summed E-state index contributed by atoms with van der Waals surface area (Å²) in [7, 11) is -4.20. The summed E-state index contributed by atoms with van der Waals surface area (Å²) in [5, 5.41) is 9.36. The van der Waals surface area contributed by atoms with Crippen LogP contribution >= 0.6 is 0 Å². The van der Waals surface area contributed by atoms with Crippen molar-refractivity contribution in [2.45, 2.75) is 147 Å². The van der Waals surface area contributed by atoms with E-state index in [4.69, 9.17) is 0 Å². The number of aliphatic hydroxyl groups is 1. The number of aliphatic hydroxyl groups excluding tert-OH is 1. The van der Waals surface area contributed by atoms with E-state index >= 15 is 0 Å². The summed E-state index contributed by atoms with van der Waals surface area (Å²) < 4.78 is 34.3.